The molecule has 0 heterocycles. The lowest BCUT2D eigenvalue weighted by molar-refractivity contribution is 0.254. The summed E-state index contributed by atoms with van der Waals surface area (Å²) in [6, 6.07) is 31.6. The average Bonchev–Trinajstić information content (AvgIpc) is 2.97. The zero-order valence-corrected chi connectivity index (χ0v) is 25.0. The van der Waals surface area contributed by atoms with Gasteiger partial charge in [0.25, 0.3) is 0 Å². The van der Waals surface area contributed by atoms with Gasteiger partial charge in [0.1, 0.15) is 0 Å². The summed E-state index contributed by atoms with van der Waals surface area (Å²) in [4.78, 5) is 0. The van der Waals surface area contributed by atoms with E-state index in [0.29, 0.717) is 17.8 Å². The number of rotatable bonds is 7. The molecule has 4 N–H and O–H groups in total. The summed E-state index contributed by atoms with van der Waals surface area (Å²) in [5.74, 6) is 1.30. The van der Waals surface area contributed by atoms with Crippen LogP contribution in [-0.4, -0.2) is 0 Å². The van der Waals surface area contributed by atoms with E-state index in [1.165, 1.54) is 76.6 Å². The molecule has 208 valence electrons. The molecule has 1 aliphatic rings. The van der Waals surface area contributed by atoms with Crippen LogP contribution in [0.3, 0.4) is 0 Å². The largest absolute Gasteiger partial charge is 0.399 e. The topological polar surface area (TPSA) is 52.0 Å². The zero-order chi connectivity index (χ0) is 28.4. The fraction of sp³-hybridized carbons (Fsp3) is 0.368. The smallest absolute Gasteiger partial charge is 0.0316 e. The van der Waals surface area contributed by atoms with E-state index in [-0.39, 0.29) is 5.41 Å². The predicted molar refractivity (Wildman–Crippen MR) is 172 cm³/mol. The molecule has 2 atom stereocenters. The number of hydrogen-bond donors (Lipinski definition) is 2. The number of benzene rings is 4. The molecule has 1 saturated carbocycles. The Kier molecular flexibility index (Phi) is 8.08. The first kappa shape index (κ1) is 28.0. The zero-order valence-electron chi connectivity index (χ0n) is 25.0. The Balaban J connectivity index is 1.47. The lowest BCUT2D eigenvalue weighted by Gasteiger charge is -2.41. The van der Waals surface area contributed by atoms with E-state index in [1.54, 1.807) is 0 Å². The molecule has 0 amide bonds. The second-order valence-electron chi connectivity index (χ2n) is 12.5. The Hall–Kier alpha value is -3.52. The first-order valence-electron chi connectivity index (χ1n) is 15.1. The minimum atomic E-state index is -0.0157. The fourth-order valence-electron chi connectivity index (χ4n) is 7.28. The van der Waals surface area contributed by atoms with Gasteiger partial charge in [0, 0.05) is 28.6 Å². The van der Waals surface area contributed by atoms with E-state index in [1.807, 2.05) is 12.1 Å². The van der Waals surface area contributed by atoms with Crippen LogP contribution in [0.1, 0.15) is 109 Å². The molecule has 40 heavy (non-hydrogen) atoms. The van der Waals surface area contributed by atoms with Gasteiger partial charge in [-0.2, -0.15) is 0 Å². The third-order valence-electron chi connectivity index (χ3n) is 9.96. The van der Waals surface area contributed by atoms with Crippen LogP contribution in [0.2, 0.25) is 0 Å². The Morgan fingerprint density at radius 2 is 1.00 bits per heavy atom. The van der Waals surface area contributed by atoms with Gasteiger partial charge >= 0.3 is 0 Å². The van der Waals surface area contributed by atoms with E-state index in [2.05, 4.69) is 107 Å². The van der Waals surface area contributed by atoms with Crippen LogP contribution in [0.4, 0.5) is 11.4 Å². The van der Waals surface area contributed by atoms with E-state index in [4.69, 9.17) is 11.5 Å². The highest BCUT2D eigenvalue weighted by Gasteiger charge is 2.38. The van der Waals surface area contributed by atoms with Crippen molar-refractivity contribution in [1.82, 2.24) is 0 Å². The average molecular weight is 531 g/mol. The van der Waals surface area contributed by atoms with Crippen molar-refractivity contribution in [3.63, 3.8) is 0 Å². The van der Waals surface area contributed by atoms with E-state index >= 15 is 0 Å². The third kappa shape index (κ3) is 5.42. The molecule has 0 spiro atoms. The Bertz CT molecular complexity index is 1340. The van der Waals surface area contributed by atoms with Crippen molar-refractivity contribution in [3.8, 4) is 0 Å². The lowest BCUT2D eigenvalue weighted by atomic mass is 9.62. The molecule has 4 aromatic rings. The van der Waals surface area contributed by atoms with Crippen molar-refractivity contribution >= 4 is 11.4 Å². The Labute approximate surface area is 241 Å². The number of hydrogen-bond acceptors (Lipinski definition) is 2. The van der Waals surface area contributed by atoms with Crippen LogP contribution in [0.15, 0.2) is 84.9 Å². The number of nitrogens with two attached hydrogens (primary N) is 2. The predicted octanol–water partition coefficient (Wildman–Crippen LogP) is 9.66. The number of aryl methyl sites for hydroxylation is 2. The minimum absolute atomic E-state index is 0.0157. The Morgan fingerprint density at radius 1 is 0.600 bits per heavy atom. The van der Waals surface area contributed by atoms with Gasteiger partial charge in [0.15, 0.2) is 0 Å². The summed E-state index contributed by atoms with van der Waals surface area (Å²) in [5.41, 5.74) is 24.5. The second kappa shape index (κ2) is 11.5. The van der Waals surface area contributed by atoms with Gasteiger partial charge in [-0.25, -0.2) is 0 Å². The minimum Gasteiger partial charge on any atom is -0.399 e. The summed E-state index contributed by atoms with van der Waals surface area (Å²) in [6.07, 6.45) is 6.61. The van der Waals surface area contributed by atoms with Crippen LogP contribution < -0.4 is 11.5 Å². The van der Waals surface area contributed by atoms with Gasteiger partial charge < -0.3 is 11.5 Å². The molecule has 0 aromatic heterocycles. The van der Waals surface area contributed by atoms with Crippen LogP contribution in [0.5, 0.6) is 0 Å². The highest BCUT2D eigenvalue weighted by molar-refractivity contribution is 5.50. The molecule has 1 aliphatic carbocycles. The molecule has 0 aliphatic heterocycles. The normalized spacial score (nSPS) is 17.2. The van der Waals surface area contributed by atoms with Gasteiger partial charge in [-0.05, 0) is 101 Å². The molecule has 0 radical (unpaired) electrons. The van der Waals surface area contributed by atoms with Gasteiger partial charge in [0.05, 0.1) is 0 Å². The molecular formula is C38H46N2. The second-order valence-corrected chi connectivity index (χ2v) is 12.5. The summed E-state index contributed by atoms with van der Waals surface area (Å²) in [5, 5.41) is 0. The van der Waals surface area contributed by atoms with Crippen molar-refractivity contribution in [1.29, 1.82) is 0 Å². The fourth-order valence-corrected chi connectivity index (χ4v) is 7.28. The van der Waals surface area contributed by atoms with Crippen LogP contribution in [0, 0.1) is 19.8 Å². The third-order valence-corrected chi connectivity index (χ3v) is 9.96. The van der Waals surface area contributed by atoms with E-state index in [9.17, 15) is 0 Å². The Morgan fingerprint density at radius 3 is 1.38 bits per heavy atom. The first-order valence-corrected chi connectivity index (χ1v) is 15.1. The summed E-state index contributed by atoms with van der Waals surface area (Å²) in [7, 11) is 0. The number of nitrogen functional groups attached to an aromatic ring is 2. The van der Waals surface area contributed by atoms with E-state index < -0.39 is 0 Å². The highest BCUT2D eigenvalue weighted by Crippen LogP contribution is 2.46. The highest BCUT2D eigenvalue weighted by atomic mass is 14.5. The quantitative estimate of drug-likeness (QED) is 0.234. The van der Waals surface area contributed by atoms with Gasteiger partial charge in [-0.1, -0.05) is 101 Å². The van der Waals surface area contributed by atoms with Crippen LogP contribution in [0.25, 0.3) is 0 Å². The lowest BCUT2D eigenvalue weighted by Crippen LogP contribution is -2.35. The van der Waals surface area contributed by atoms with Crippen molar-refractivity contribution in [2.45, 2.75) is 84.0 Å². The van der Waals surface area contributed by atoms with Gasteiger partial charge in [0.2, 0.25) is 0 Å². The molecule has 2 unspecified atom stereocenters. The molecule has 1 fully saturated rings. The van der Waals surface area contributed by atoms with Gasteiger partial charge in [-0.3, -0.25) is 0 Å². The summed E-state index contributed by atoms with van der Waals surface area (Å²) >= 11 is 0. The maximum absolute atomic E-state index is 6.02. The van der Waals surface area contributed by atoms with Gasteiger partial charge in [-0.15, -0.1) is 0 Å². The maximum Gasteiger partial charge on any atom is 0.0316 e. The van der Waals surface area contributed by atoms with Crippen LogP contribution >= 0.6 is 0 Å². The molecule has 2 nitrogen and oxygen atoms in total. The van der Waals surface area contributed by atoms with Crippen molar-refractivity contribution < 1.29 is 0 Å². The summed E-state index contributed by atoms with van der Waals surface area (Å²) in [6.45, 7) is 11.4. The standard InChI is InChI=1S/C38H46N2/c1-25-23-34(39)19-21-36(25)27(3)29-11-15-32(16-12-29)38(5,31-9-7-6-8-10-31)33-17-13-30(14-18-33)28(4)37-22-20-35(40)24-26(37)2/h11-24,27-28,31H,6-10,39-40H2,1-5H3. The molecule has 2 heteroatoms. The first-order chi connectivity index (χ1) is 19.2. The van der Waals surface area contributed by atoms with Crippen LogP contribution in [-0.2, 0) is 5.41 Å². The molecular weight excluding hydrogens is 484 g/mol. The van der Waals surface area contributed by atoms with Crippen molar-refractivity contribution in [2.75, 3.05) is 11.5 Å². The van der Waals surface area contributed by atoms with Crippen molar-refractivity contribution in [2.24, 2.45) is 5.92 Å². The molecule has 5 rings (SSSR count). The SMILES string of the molecule is Cc1cc(N)ccc1C(C)c1ccc(C(C)(c2ccc(C(C)c3ccc(N)cc3C)cc2)C2CCCCC2)cc1. The molecule has 4 aromatic carbocycles. The monoisotopic (exact) mass is 530 g/mol. The maximum atomic E-state index is 6.02. The van der Waals surface area contributed by atoms with E-state index in [0.717, 1.165) is 11.4 Å². The summed E-state index contributed by atoms with van der Waals surface area (Å²) < 4.78 is 0. The molecule has 0 saturated heterocycles. The van der Waals surface area contributed by atoms with Crippen molar-refractivity contribution in [3.05, 3.63) is 129 Å². The number of anilines is 2. The molecule has 0 bridgehead atoms.